The molecule has 1 aliphatic heterocycles. The van der Waals surface area contributed by atoms with E-state index in [2.05, 4.69) is 0 Å². The first-order valence-electron chi connectivity index (χ1n) is 5.47. The molecule has 0 aliphatic carbocycles. The monoisotopic (exact) mass is 236 g/mol. The van der Waals surface area contributed by atoms with Gasteiger partial charge in [-0.15, -0.1) is 0 Å². The smallest absolute Gasteiger partial charge is 0.351 e. The fraction of sp³-hybridized carbons (Fsp3) is 0.462. The zero-order chi connectivity index (χ0) is 13.0. The van der Waals surface area contributed by atoms with Gasteiger partial charge in [-0.25, -0.2) is 4.79 Å². The van der Waals surface area contributed by atoms with Gasteiger partial charge in [-0.05, 0) is 38.8 Å². The summed E-state index contributed by atoms with van der Waals surface area (Å²) in [6.07, 6.45) is 0. The van der Waals surface area contributed by atoms with Crippen LogP contribution in [0.15, 0.2) is 12.1 Å². The second-order valence-electron chi connectivity index (χ2n) is 5.04. The highest BCUT2D eigenvalue weighted by molar-refractivity contribution is 5.90. The standard InChI is InChI=1S/C13H16O4/c1-7-5-6-9-10(8(7)2)17-11(14)13(9,16)12(3,4)15/h5-6,15-16H,1-4H3. The van der Waals surface area contributed by atoms with Crippen LogP contribution in [0.4, 0.5) is 0 Å². The minimum atomic E-state index is -2.00. The Kier molecular flexibility index (Phi) is 2.35. The molecule has 1 unspecified atom stereocenters. The Morgan fingerprint density at radius 2 is 1.88 bits per heavy atom. The van der Waals surface area contributed by atoms with E-state index in [-0.39, 0.29) is 0 Å². The molecule has 1 aliphatic rings. The number of aliphatic hydroxyl groups is 2. The predicted octanol–water partition coefficient (Wildman–Crippen LogP) is 1.18. The summed E-state index contributed by atoms with van der Waals surface area (Å²) in [5, 5.41) is 20.4. The molecule has 0 fully saturated rings. The number of carbonyl (C=O) groups excluding carboxylic acids is 1. The molecular weight excluding hydrogens is 220 g/mol. The molecule has 1 heterocycles. The van der Waals surface area contributed by atoms with Crippen LogP contribution in [-0.4, -0.2) is 21.8 Å². The van der Waals surface area contributed by atoms with Crippen molar-refractivity contribution >= 4 is 5.97 Å². The third-order valence-electron chi connectivity index (χ3n) is 3.44. The lowest BCUT2D eigenvalue weighted by Crippen LogP contribution is -2.51. The molecule has 0 radical (unpaired) electrons. The number of fused-ring (bicyclic) bond motifs is 1. The van der Waals surface area contributed by atoms with Crippen molar-refractivity contribution in [2.24, 2.45) is 0 Å². The van der Waals surface area contributed by atoms with Crippen LogP contribution < -0.4 is 4.74 Å². The minimum Gasteiger partial charge on any atom is -0.423 e. The third kappa shape index (κ3) is 1.41. The molecule has 1 atom stereocenters. The van der Waals surface area contributed by atoms with E-state index in [4.69, 9.17) is 4.74 Å². The van der Waals surface area contributed by atoms with Gasteiger partial charge in [0.15, 0.2) is 0 Å². The van der Waals surface area contributed by atoms with Crippen LogP contribution in [0, 0.1) is 13.8 Å². The first kappa shape index (κ1) is 12.1. The van der Waals surface area contributed by atoms with Gasteiger partial charge in [-0.3, -0.25) is 0 Å². The van der Waals surface area contributed by atoms with E-state index < -0.39 is 17.2 Å². The van der Waals surface area contributed by atoms with Gasteiger partial charge >= 0.3 is 5.97 Å². The van der Waals surface area contributed by atoms with Crippen LogP contribution in [0.1, 0.15) is 30.5 Å². The highest BCUT2D eigenvalue weighted by Gasteiger charge is 2.57. The van der Waals surface area contributed by atoms with Crippen molar-refractivity contribution in [3.8, 4) is 5.75 Å². The first-order chi connectivity index (χ1) is 7.69. The zero-order valence-corrected chi connectivity index (χ0v) is 10.4. The zero-order valence-electron chi connectivity index (χ0n) is 10.4. The lowest BCUT2D eigenvalue weighted by atomic mass is 9.80. The summed E-state index contributed by atoms with van der Waals surface area (Å²) in [7, 11) is 0. The molecule has 0 aromatic heterocycles. The Labute approximate surface area is 99.8 Å². The largest absolute Gasteiger partial charge is 0.423 e. The van der Waals surface area contributed by atoms with Crippen molar-refractivity contribution in [1.82, 2.24) is 0 Å². The third-order valence-corrected chi connectivity index (χ3v) is 3.44. The van der Waals surface area contributed by atoms with Crippen molar-refractivity contribution < 1.29 is 19.7 Å². The predicted molar refractivity (Wildman–Crippen MR) is 61.7 cm³/mol. The summed E-state index contributed by atoms with van der Waals surface area (Å²) in [6.45, 7) is 6.49. The fourth-order valence-corrected chi connectivity index (χ4v) is 2.06. The SMILES string of the molecule is Cc1ccc2c(c1C)OC(=O)C2(O)C(C)(C)O. The highest BCUT2D eigenvalue weighted by Crippen LogP contribution is 2.46. The number of benzene rings is 1. The molecule has 4 nitrogen and oxygen atoms in total. The molecule has 92 valence electrons. The van der Waals surface area contributed by atoms with Crippen LogP contribution in [0.5, 0.6) is 5.75 Å². The summed E-state index contributed by atoms with van der Waals surface area (Å²) in [5.74, 6) is -0.465. The molecule has 0 amide bonds. The van der Waals surface area contributed by atoms with Crippen molar-refractivity contribution in [1.29, 1.82) is 0 Å². The summed E-state index contributed by atoms with van der Waals surface area (Å²) in [6, 6.07) is 3.42. The molecule has 4 heteroatoms. The molecule has 1 aromatic rings. The van der Waals surface area contributed by atoms with E-state index in [0.717, 1.165) is 11.1 Å². The summed E-state index contributed by atoms with van der Waals surface area (Å²) >= 11 is 0. The molecule has 0 saturated heterocycles. The van der Waals surface area contributed by atoms with Gasteiger partial charge < -0.3 is 14.9 Å². The Morgan fingerprint density at radius 1 is 1.29 bits per heavy atom. The second-order valence-corrected chi connectivity index (χ2v) is 5.04. The molecule has 1 aromatic carbocycles. The van der Waals surface area contributed by atoms with Gasteiger partial charge in [0.25, 0.3) is 0 Å². The molecule has 0 spiro atoms. The Balaban J connectivity index is 2.72. The Hall–Kier alpha value is -1.39. The van der Waals surface area contributed by atoms with Crippen LogP contribution in [0.3, 0.4) is 0 Å². The minimum absolute atomic E-state index is 0.332. The van der Waals surface area contributed by atoms with E-state index >= 15 is 0 Å². The molecule has 2 rings (SSSR count). The summed E-state index contributed by atoms with van der Waals surface area (Å²) in [5.41, 5.74) is -1.50. The Morgan fingerprint density at radius 3 is 2.41 bits per heavy atom. The molecule has 17 heavy (non-hydrogen) atoms. The molecule has 0 saturated carbocycles. The van der Waals surface area contributed by atoms with Crippen molar-refractivity contribution in [3.05, 3.63) is 28.8 Å². The van der Waals surface area contributed by atoms with Crippen molar-refractivity contribution in [2.75, 3.05) is 0 Å². The van der Waals surface area contributed by atoms with Gasteiger partial charge in [-0.2, -0.15) is 0 Å². The van der Waals surface area contributed by atoms with Crippen LogP contribution in [0.25, 0.3) is 0 Å². The second kappa shape index (κ2) is 3.31. The van der Waals surface area contributed by atoms with Crippen molar-refractivity contribution in [3.63, 3.8) is 0 Å². The van der Waals surface area contributed by atoms with Crippen LogP contribution in [-0.2, 0) is 10.4 Å². The number of hydrogen-bond donors (Lipinski definition) is 2. The average molecular weight is 236 g/mol. The Bertz CT molecular complexity index is 499. The maximum Gasteiger partial charge on any atom is 0.351 e. The van der Waals surface area contributed by atoms with Gasteiger partial charge in [0.2, 0.25) is 5.60 Å². The number of hydrogen-bond acceptors (Lipinski definition) is 4. The maximum absolute atomic E-state index is 11.8. The molecule has 2 N–H and O–H groups in total. The normalized spacial score (nSPS) is 23.5. The number of esters is 1. The van der Waals surface area contributed by atoms with E-state index in [9.17, 15) is 15.0 Å². The van der Waals surface area contributed by atoms with Gasteiger partial charge in [0, 0.05) is 5.56 Å². The fourth-order valence-electron chi connectivity index (χ4n) is 2.06. The van der Waals surface area contributed by atoms with E-state index in [1.54, 1.807) is 12.1 Å². The van der Waals surface area contributed by atoms with Gasteiger partial charge in [0.1, 0.15) is 11.4 Å². The van der Waals surface area contributed by atoms with E-state index in [1.165, 1.54) is 13.8 Å². The molecule has 0 bridgehead atoms. The van der Waals surface area contributed by atoms with Gasteiger partial charge in [0.05, 0.1) is 0 Å². The lowest BCUT2D eigenvalue weighted by Gasteiger charge is -2.32. The number of ether oxygens (including phenoxy) is 1. The van der Waals surface area contributed by atoms with E-state index in [0.29, 0.717) is 11.3 Å². The number of aryl methyl sites for hydroxylation is 1. The van der Waals surface area contributed by atoms with Crippen LogP contribution >= 0.6 is 0 Å². The number of carbonyl (C=O) groups is 1. The summed E-state index contributed by atoms with van der Waals surface area (Å²) in [4.78, 5) is 11.8. The highest BCUT2D eigenvalue weighted by atomic mass is 16.6. The topological polar surface area (TPSA) is 66.8 Å². The first-order valence-corrected chi connectivity index (χ1v) is 5.47. The van der Waals surface area contributed by atoms with Crippen molar-refractivity contribution in [2.45, 2.75) is 38.9 Å². The summed E-state index contributed by atoms with van der Waals surface area (Å²) < 4.78 is 5.11. The maximum atomic E-state index is 11.8. The number of rotatable bonds is 1. The quantitative estimate of drug-likeness (QED) is 0.567. The van der Waals surface area contributed by atoms with Gasteiger partial charge in [-0.1, -0.05) is 12.1 Å². The van der Waals surface area contributed by atoms with Crippen LogP contribution in [0.2, 0.25) is 0 Å². The molecular formula is C13H16O4. The lowest BCUT2D eigenvalue weighted by molar-refractivity contribution is -0.179. The average Bonchev–Trinajstić information content (AvgIpc) is 2.47. The van der Waals surface area contributed by atoms with E-state index in [1.807, 2.05) is 13.8 Å².